The number of aromatic nitrogens is 2. The van der Waals surface area contributed by atoms with Gasteiger partial charge in [0.1, 0.15) is 5.69 Å². The first kappa shape index (κ1) is 15.2. The van der Waals surface area contributed by atoms with E-state index in [1.54, 1.807) is 30.9 Å². The summed E-state index contributed by atoms with van der Waals surface area (Å²) in [6.45, 7) is 2.99. The summed E-state index contributed by atoms with van der Waals surface area (Å²) >= 11 is 0. The van der Waals surface area contributed by atoms with E-state index in [-0.39, 0.29) is 11.9 Å². The maximum atomic E-state index is 11.3. The van der Waals surface area contributed by atoms with Crippen LogP contribution in [0.25, 0.3) is 0 Å². The zero-order valence-electron chi connectivity index (χ0n) is 11.5. The zero-order chi connectivity index (χ0) is 14.1. The predicted octanol–water partition coefficient (Wildman–Crippen LogP) is 1.37. The van der Waals surface area contributed by atoms with Crippen LogP contribution in [0.4, 0.5) is 0 Å². The van der Waals surface area contributed by atoms with Crippen molar-refractivity contribution in [1.29, 1.82) is 0 Å². The fraction of sp³-hybridized carbons (Fsp3) is 0.615. The molecule has 0 saturated heterocycles. The second kappa shape index (κ2) is 8.29. The van der Waals surface area contributed by atoms with Gasteiger partial charge < -0.3 is 10.1 Å². The van der Waals surface area contributed by atoms with Crippen LogP contribution < -0.4 is 5.32 Å². The number of carbonyl (C=O) groups excluding carboxylic acids is 2. The normalized spacial score (nSPS) is 10.2. The Morgan fingerprint density at radius 1 is 1.37 bits per heavy atom. The molecule has 1 aromatic heterocycles. The highest BCUT2D eigenvalue weighted by Gasteiger charge is 2.06. The summed E-state index contributed by atoms with van der Waals surface area (Å²) in [7, 11) is 1.58. The van der Waals surface area contributed by atoms with Crippen LogP contribution in [0.15, 0.2) is 12.3 Å². The lowest BCUT2D eigenvalue weighted by Gasteiger charge is -2.02. The van der Waals surface area contributed by atoms with Gasteiger partial charge in [0.25, 0.3) is 5.91 Å². The zero-order valence-corrected chi connectivity index (χ0v) is 11.5. The molecule has 0 saturated carbocycles. The van der Waals surface area contributed by atoms with Crippen molar-refractivity contribution in [3.8, 4) is 0 Å². The molecule has 6 nitrogen and oxygen atoms in total. The van der Waals surface area contributed by atoms with Crippen molar-refractivity contribution in [3.63, 3.8) is 0 Å². The van der Waals surface area contributed by atoms with E-state index in [2.05, 4.69) is 10.4 Å². The molecule has 0 aliphatic carbocycles. The van der Waals surface area contributed by atoms with Crippen molar-refractivity contribution in [2.45, 2.75) is 39.2 Å². The fourth-order valence-corrected chi connectivity index (χ4v) is 1.69. The van der Waals surface area contributed by atoms with Crippen LogP contribution in [0.1, 0.15) is 43.1 Å². The van der Waals surface area contributed by atoms with Gasteiger partial charge in [0.05, 0.1) is 6.61 Å². The average Bonchev–Trinajstić information content (AvgIpc) is 2.86. The molecule has 0 aliphatic heterocycles. The number of hydrogen-bond acceptors (Lipinski definition) is 4. The molecule has 0 aliphatic rings. The van der Waals surface area contributed by atoms with Crippen molar-refractivity contribution < 1.29 is 14.3 Å². The second-order valence-corrected chi connectivity index (χ2v) is 4.16. The van der Waals surface area contributed by atoms with Gasteiger partial charge in [-0.3, -0.25) is 14.3 Å². The van der Waals surface area contributed by atoms with Gasteiger partial charge in [0, 0.05) is 26.2 Å². The van der Waals surface area contributed by atoms with Gasteiger partial charge in [-0.1, -0.05) is 6.42 Å². The van der Waals surface area contributed by atoms with E-state index in [0.717, 1.165) is 25.8 Å². The van der Waals surface area contributed by atoms with E-state index in [4.69, 9.17) is 4.74 Å². The molecule has 0 aromatic carbocycles. The van der Waals surface area contributed by atoms with Gasteiger partial charge in [0.15, 0.2) is 0 Å². The topological polar surface area (TPSA) is 73.2 Å². The van der Waals surface area contributed by atoms with Gasteiger partial charge in [-0.05, 0) is 25.8 Å². The number of carbonyl (C=O) groups is 2. The molecular weight excluding hydrogens is 246 g/mol. The van der Waals surface area contributed by atoms with E-state index < -0.39 is 0 Å². The number of unbranched alkanes of at least 4 members (excludes halogenated alkanes) is 2. The van der Waals surface area contributed by atoms with Crippen LogP contribution in [0.3, 0.4) is 0 Å². The number of esters is 1. The van der Waals surface area contributed by atoms with Crippen LogP contribution >= 0.6 is 0 Å². The number of aryl methyl sites for hydroxylation is 1. The summed E-state index contributed by atoms with van der Waals surface area (Å²) < 4.78 is 6.59. The SMILES string of the molecule is CCOC(=O)CCCCCn1ccc(C(=O)NC)n1. The number of nitrogens with one attached hydrogen (secondary N) is 1. The van der Waals surface area contributed by atoms with Crippen LogP contribution in [0.2, 0.25) is 0 Å². The summed E-state index contributed by atoms with van der Waals surface area (Å²) in [5.41, 5.74) is 0.425. The molecule has 0 fully saturated rings. The third kappa shape index (κ3) is 5.54. The molecule has 19 heavy (non-hydrogen) atoms. The molecule has 0 bridgehead atoms. The highest BCUT2D eigenvalue weighted by Crippen LogP contribution is 2.04. The minimum absolute atomic E-state index is 0.136. The van der Waals surface area contributed by atoms with Gasteiger partial charge >= 0.3 is 5.97 Å². The van der Waals surface area contributed by atoms with E-state index in [0.29, 0.717) is 18.7 Å². The Labute approximate surface area is 113 Å². The van der Waals surface area contributed by atoms with E-state index in [1.807, 2.05) is 0 Å². The van der Waals surface area contributed by atoms with Crippen molar-refractivity contribution in [2.24, 2.45) is 0 Å². The summed E-state index contributed by atoms with van der Waals surface area (Å²) in [4.78, 5) is 22.4. The smallest absolute Gasteiger partial charge is 0.305 e. The number of ether oxygens (including phenoxy) is 1. The Kier molecular flexibility index (Phi) is 6.63. The summed E-state index contributed by atoms with van der Waals surface area (Å²) in [6.07, 6.45) is 4.94. The minimum Gasteiger partial charge on any atom is -0.466 e. The van der Waals surface area contributed by atoms with Crippen molar-refractivity contribution in [1.82, 2.24) is 15.1 Å². The second-order valence-electron chi connectivity index (χ2n) is 4.16. The first-order valence-electron chi connectivity index (χ1n) is 6.58. The Morgan fingerprint density at radius 3 is 2.84 bits per heavy atom. The summed E-state index contributed by atoms with van der Waals surface area (Å²) in [6, 6.07) is 1.69. The molecular formula is C13H21N3O3. The molecule has 0 unspecified atom stereocenters. The van der Waals surface area contributed by atoms with Crippen LogP contribution in [0.5, 0.6) is 0 Å². The first-order chi connectivity index (χ1) is 9.17. The molecule has 0 atom stereocenters. The molecule has 1 rings (SSSR count). The average molecular weight is 267 g/mol. The molecule has 0 spiro atoms. The van der Waals surface area contributed by atoms with Crippen molar-refractivity contribution >= 4 is 11.9 Å². The molecule has 0 radical (unpaired) electrons. The number of rotatable bonds is 8. The molecule has 1 heterocycles. The Bertz CT molecular complexity index is 415. The summed E-state index contributed by atoms with van der Waals surface area (Å²) in [5, 5.41) is 6.69. The first-order valence-corrected chi connectivity index (χ1v) is 6.58. The van der Waals surface area contributed by atoms with Crippen molar-refractivity contribution in [3.05, 3.63) is 18.0 Å². The van der Waals surface area contributed by atoms with E-state index in [1.165, 1.54) is 0 Å². The lowest BCUT2D eigenvalue weighted by molar-refractivity contribution is -0.143. The van der Waals surface area contributed by atoms with Crippen molar-refractivity contribution in [2.75, 3.05) is 13.7 Å². The quantitative estimate of drug-likeness (QED) is 0.570. The molecule has 6 heteroatoms. The molecule has 1 aromatic rings. The Morgan fingerprint density at radius 2 is 2.16 bits per heavy atom. The third-order valence-electron chi connectivity index (χ3n) is 2.67. The number of nitrogens with zero attached hydrogens (tertiary/aromatic N) is 2. The van der Waals surface area contributed by atoms with Crippen LogP contribution in [0, 0.1) is 0 Å². The largest absolute Gasteiger partial charge is 0.466 e. The Balaban J connectivity index is 2.17. The van der Waals surface area contributed by atoms with Crippen LogP contribution in [-0.4, -0.2) is 35.3 Å². The van der Waals surface area contributed by atoms with Gasteiger partial charge in [-0.25, -0.2) is 0 Å². The molecule has 106 valence electrons. The lowest BCUT2D eigenvalue weighted by atomic mass is 10.2. The van der Waals surface area contributed by atoms with Gasteiger partial charge in [-0.15, -0.1) is 0 Å². The monoisotopic (exact) mass is 267 g/mol. The minimum atomic E-state index is -0.180. The maximum Gasteiger partial charge on any atom is 0.305 e. The number of hydrogen-bond donors (Lipinski definition) is 1. The fourth-order valence-electron chi connectivity index (χ4n) is 1.69. The van der Waals surface area contributed by atoms with Crippen LogP contribution in [-0.2, 0) is 16.1 Å². The highest BCUT2D eigenvalue weighted by molar-refractivity contribution is 5.91. The summed E-state index contributed by atoms with van der Waals surface area (Å²) in [5.74, 6) is -0.315. The van der Waals surface area contributed by atoms with E-state index in [9.17, 15) is 9.59 Å². The van der Waals surface area contributed by atoms with Gasteiger partial charge in [0.2, 0.25) is 0 Å². The maximum absolute atomic E-state index is 11.3. The number of amides is 1. The van der Waals surface area contributed by atoms with E-state index >= 15 is 0 Å². The third-order valence-corrected chi connectivity index (χ3v) is 2.67. The highest BCUT2D eigenvalue weighted by atomic mass is 16.5. The Hall–Kier alpha value is -1.85. The predicted molar refractivity (Wildman–Crippen MR) is 70.7 cm³/mol. The molecule has 1 amide bonds. The lowest BCUT2D eigenvalue weighted by Crippen LogP contribution is -2.18. The van der Waals surface area contributed by atoms with Gasteiger partial charge in [-0.2, -0.15) is 5.10 Å². The molecule has 1 N–H and O–H groups in total. The standard InChI is InChI=1S/C13H21N3O3/c1-3-19-12(17)7-5-4-6-9-16-10-8-11(15-16)13(18)14-2/h8,10H,3-7,9H2,1-2H3,(H,14,18).